The molecule has 0 fully saturated rings. The van der Waals surface area contributed by atoms with Crippen LogP contribution in [0.15, 0.2) is 59.2 Å². The third kappa shape index (κ3) is 2.27. The van der Waals surface area contributed by atoms with Crippen LogP contribution in [0.4, 0.5) is 0 Å². The minimum atomic E-state index is 0.721. The van der Waals surface area contributed by atoms with Crippen molar-refractivity contribution >= 4 is 26.8 Å². The number of fused-ring (bicyclic) bond motifs is 1. The van der Waals surface area contributed by atoms with Gasteiger partial charge in [0.25, 0.3) is 0 Å². The van der Waals surface area contributed by atoms with Gasteiger partial charge in [-0.3, -0.25) is 0 Å². The van der Waals surface area contributed by atoms with Gasteiger partial charge in [-0.2, -0.15) is 5.26 Å². The Balaban J connectivity index is 2.13. The molecule has 0 aliphatic rings. The molecule has 0 saturated carbocycles. The van der Waals surface area contributed by atoms with Crippen LogP contribution >= 0.6 is 15.9 Å². The van der Waals surface area contributed by atoms with E-state index in [0.29, 0.717) is 0 Å². The third-order valence-electron chi connectivity index (χ3n) is 3.16. The highest BCUT2D eigenvalue weighted by Gasteiger charge is 2.08. The van der Waals surface area contributed by atoms with E-state index in [1.807, 2.05) is 36.5 Å². The molecule has 0 saturated heterocycles. The van der Waals surface area contributed by atoms with E-state index in [9.17, 15) is 5.26 Å². The van der Waals surface area contributed by atoms with E-state index >= 15 is 0 Å². The average molecular weight is 311 g/mol. The first-order chi connectivity index (χ1) is 9.28. The molecule has 0 amide bonds. The molecule has 0 atom stereocenters. The van der Waals surface area contributed by atoms with Gasteiger partial charge in [-0.15, -0.1) is 0 Å². The Kier molecular flexibility index (Phi) is 3.10. The molecule has 0 unspecified atom stereocenters. The Morgan fingerprint density at radius 3 is 2.63 bits per heavy atom. The van der Waals surface area contributed by atoms with Crippen molar-refractivity contribution in [3.8, 4) is 6.07 Å². The van der Waals surface area contributed by atoms with Gasteiger partial charge in [-0.25, -0.2) is 0 Å². The Morgan fingerprint density at radius 2 is 1.89 bits per heavy atom. The number of hydrogen-bond acceptors (Lipinski definition) is 1. The van der Waals surface area contributed by atoms with Gasteiger partial charge in [0, 0.05) is 22.6 Å². The van der Waals surface area contributed by atoms with Crippen molar-refractivity contribution in [3.63, 3.8) is 0 Å². The normalized spacial score (nSPS) is 10.5. The van der Waals surface area contributed by atoms with Gasteiger partial charge in [-0.05, 0) is 17.7 Å². The summed E-state index contributed by atoms with van der Waals surface area (Å²) in [6.45, 7) is 0.773. The van der Waals surface area contributed by atoms with Crippen molar-refractivity contribution < 1.29 is 0 Å². The third-order valence-corrected chi connectivity index (χ3v) is 3.65. The summed E-state index contributed by atoms with van der Waals surface area (Å²) in [4.78, 5) is 0. The molecule has 3 rings (SSSR count). The lowest BCUT2D eigenvalue weighted by Crippen LogP contribution is -1.97. The highest BCUT2D eigenvalue weighted by atomic mass is 79.9. The van der Waals surface area contributed by atoms with Crippen LogP contribution in [-0.4, -0.2) is 4.57 Å². The van der Waals surface area contributed by atoms with Crippen molar-refractivity contribution in [1.82, 2.24) is 4.57 Å². The van der Waals surface area contributed by atoms with Crippen LogP contribution in [0.1, 0.15) is 11.1 Å². The number of rotatable bonds is 2. The highest BCUT2D eigenvalue weighted by molar-refractivity contribution is 9.10. The Hall–Kier alpha value is -2.05. The molecule has 0 spiro atoms. The fourth-order valence-electron chi connectivity index (χ4n) is 2.27. The molecular formula is C16H11BrN2. The van der Waals surface area contributed by atoms with E-state index in [-0.39, 0.29) is 0 Å². The van der Waals surface area contributed by atoms with Crippen molar-refractivity contribution in [1.29, 1.82) is 5.26 Å². The molecule has 92 valence electrons. The van der Waals surface area contributed by atoms with Crippen molar-refractivity contribution in [3.05, 3.63) is 70.3 Å². The summed E-state index contributed by atoms with van der Waals surface area (Å²) in [6, 6.07) is 18.5. The summed E-state index contributed by atoms with van der Waals surface area (Å²) in [5, 5.41) is 10.2. The molecule has 2 nitrogen and oxygen atoms in total. The molecule has 3 heteroatoms. The first-order valence-corrected chi connectivity index (χ1v) is 6.79. The number of benzene rings is 2. The summed E-state index contributed by atoms with van der Waals surface area (Å²) < 4.78 is 3.14. The van der Waals surface area contributed by atoms with Gasteiger partial charge in [0.05, 0.1) is 11.1 Å². The number of nitrogens with zero attached hydrogens (tertiary/aromatic N) is 2. The number of halogens is 1. The van der Waals surface area contributed by atoms with Crippen LogP contribution in [0.25, 0.3) is 10.9 Å². The van der Waals surface area contributed by atoms with Gasteiger partial charge in [0.2, 0.25) is 0 Å². The average Bonchev–Trinajstić information content (AvgIpc) is 2.77. The van der Waals surface area contributed by atoms with Crippen LogP contribution in [0.3, 0.4) is 0 Å². The van der Waals surface area contributed by atoms with Gasteiger partial charge >= 0.3 is 0 Å². The summed E-state index contributed by atoms with van der Waals surface area (Å²) >= 11 is 3.49. The molecule has 2 aromatic carbocycles. The Labute approximate surface area is 120 Å². The largest absolute Gasteiger partial charge is 0.342 e. The quantitative estimate of drug-likeness (QED) is 0.693. The molecule has 0 aliphatic carbocycles. The zero-order valence-corrected chi connectivity index (χ0v) is 11.8. The molecule has 0 radical (unpaired) electrons. The lowest BCUT2D eigenvalue weighted by molar-refractivity contribution is 0.835. The van der Waals surface area contributed by atoms with Crippen molar-refractivity contribution in [2.45, 2.75) is 6.54 Å². The van der Waals surface area contributed by atoms with Gasteiger partial charge in [0.15, 0.2) is 0 Å². The maximum Gasteiger partial charge on any atom is 0.101 e. The topological polar surface area (TPSA) is 28.7 Å². The second-order valence-corrected chi connectivity index (χ2v) is 5.35. The molecule has 3 aromatic rings. The molecule has 0 aliphatic heterocycles. The van der Waals surface area contributed by atoms with Gasteiger partial charge in [-0.1, -0.05) is 52.3 Å². The van der Waals surface area contributed by atoms with Crippen LogP contribution < -0.4 is 0 Å². The lowest BCUT2D eigenvalue weighted by Gasteiger charge is -2.05. The SMILES string of the molecule is N#Cc1cn(Cc2ccccc2)c2cc(Br)ccc12. The predicted octanol–water partition coefficient (Wildman–Crippen LogP) is 4.32. The van der Waals surface area contributed by atoms with E-state index in [4.69, 9.17) is 0 Å². The zero-order chi connectivity index (χ0) is 13.2. The molecule has 19 heavy (non-hydrogen) atoms. The Bertz CT molecular complexity index is 767. The molecule has 0 bridgehead atoms. The van der Waals surface area contributed by atoms with Crippen LogP contribution in [0.2, 0.25) is 0 Å². The molecule has 1 aromatic heterocycles. The van der Waals surface area contributed by atoms with E-state index in [2.05, 4.69) is 44.8 Å². The fourth-order valence-corrected chi connectivity index (χ4v) is 2.61. The first-order valence-electron chi connectivity index (χ1n) is 6.00. The molecular weight excluding hydrogens is 300 g/mol. The summed E-state index contributed by atoms with van der Waals surface area (Å²) in [5.74, 6) is 0. The maximum atomic E-state index is 9.21. The predicted molar refractivity (Wildman–Crippen MR) is 79.9 cm³/mol. The minimum Gasteiger partial charge on any atom is -0.342 e. The van der Waals surface area contributed by atoms with Crippen LogP contribution in [0, 0.1) is 11.3 Å². The van der Waals surface area contributed by atoms with E-state index in [1.54, 1.807) is 0 Å². The van der Waals surface area contributed by atoms with Crippen molar-refractivity contribution in [2.75, 3.05) is 0 Å². The van der Waals surface area contributed by atoms with E-state index in [0.717, 1.165) is 27.5 Å². The number of hydrogen-bond donors (Lipinski definition) is 0. The fraction of sp³-hybridized carbons (Fsp3) is 0.0625. The summed E-state index contributed by atoms with van der Waals surface area (Å²) in [7, 11) is 0. The van der Waals surface area contributed by atoms with Crippen LogP contribution in [0.5, 0.6) is 0 Å². The molecule has 1 heterocycles. The smallest absolute Gasteiger partial charge is 0.101 e. The monoisotopic (exact) mass is 310 g/mol. The van der Waals surface area contributed by atoms with E-state index < -0.39 is 0 Å². The van der Waals surface area contributed by atoms with Gasteiger partial charge in [0.1, 0.15) is 6.07 Å². The second-order valence-electron chi connectivity index (χ2n) is 4.43. The summed E-state index contributed by atoms with van der Waals surface area (Å²) in [6.07, 6.45) is 1.92. The maximum absolute atomic E-state index is 9.21. The second kappa shape index (κ2) is 4.91. The standard InChI is InChI=1S/C16H11BrN2/c17-14-6-7-15-13(9-18)11-19(16(15)8-14)10-12-4-2-1-3-5-12/h1-8,11H,10H2. The Morgan fingerprint density at radius 1 is 1.11 bits per heavy atom. The van der Waals surface area contributed by atoms with E-state index in [1.165, 1.54) is 5.56 Å². The highest BCUT2D eigenvalue weighted by Crippen LogP contribution is 2.25. The lowest BCUT2D eigenvalue weighted by atomic mass is 10.2. The molecule has 0 N–H and O–H groups in total. The minimum absolute atomic E-state index is 0.721. The van der Waals surface area contributed by atoms with Crippen molar-refractivity contribution in [2.24, 2.45) is 0 Å². The van der Waals surface area contributed by atoms with Crippen LogP contribution in [-0.2, 0) is 6.54 Å². The number of aromatic nitrogens is 1. The number of nitriles is 1. The summed E-state index contributed by atoms with van der Waals surface area (Å²) in [5.41, 5.74) is 3.03. The van der Waals surface area contributed by atoms with Gasteiger partial charge < -0.3 is 4.57 Å². The zero-order valence-electron chi connectivity index (χ0n) is 10.2. The first kappa shape index (κ1) is 12.0.